The quantitative estimate of drug-likeness (QED) is 0.207. The van der Waals surface area contributed by atoms with Crippen LogP contribution in [0.4, 0.5) is 0 Å². The first-order valence-electron chi connectivity index (χ1n) is 15.5. The van der Waals surface area contributed by atoms with E-state index in [2.05, 4.69) is 155 Å². The van der Waals surface area contributed by atoms with E-state index >= 15 is 0 Å². The number of aromatic nitrogens is 2. The lowest BCUT2D eigenvalue weighted by Crippen LogP contribution is -1.93. The third-order valence-corrected chi connectivity index (χ3v) is 9.64. The van der Waals surface area contributed by atoms with Crippen molar-refractivity contribution in [3.8, 4) is 50.2 Å². The van der Waals surface area contributed by atoms with Crippen LogP contribution in [0.15, 0.2) is 158 Å². The van der Waals surface area contributed by atoms with E-state index in [1.165, 1.54) is 82.5 Å². The lowest BCUT2D eigenvalue weighted by Gasteiger charge is -2.11. The van der Waals surface area contributed by atoms with Crippen LogP contribution in [0.1, 0.15) is 0 Å². The predicted molar refractivity (Wildman–Crippen MR) is 189 cm³/mol. The largest absolute Gasteiger partial charge is 0.309 e. The highest BCUT2D eigenvalue weighted by atomic mass is 15.0. The Morgan fingerprint density at radius 1 is 0.400 bits per heavy atom. The minimum Gasteiger partial charge on any atom is -0.309 e. The van der Waals surface area contributed by atoms with Crippen molar-refractivity contribution in [1.29, 1.82) is 0 Å². The molecule has 0 fully saturated rings. The number of para-hydroxylation sites is 1. The van der Waals surface area contributed by atoms with Gasteiger partial charge in [0.2, 0.25) is 0 Å². The summed E-state index contributed by atoms with van der Waals surface area (Å²) in [5.41, 5.74) is 13.8. The molecule has 10 rings (SSSR count). The van der Waals surface area contributed by atoms with Gasteiger partial charge >= 0.3 is 0 Å². The van der Waals surface area contributed by atoms with Crippen molar-refractivity contribution in [3.63, 3.8) is 0 Å². The molecular formula is C43H26N2. The highest BCUT2D eigenvalue weighted by molar-refractivity contribution is 6.22. The zero-order chi connectivity index (χ0) is 29.5. The lowest BCUT2D eigenvalue weighted by molar-refractivity contribution is 1.18. The number of benzene rings is 7. The van der Waals surface area contributed by atoms with Crippen LogP contribution in [0.2, 0.25) is 0 Å². The molecule has 208 valence electrons. The van der Waals surface area contributed by atoms with Crippen molar-refractivity contribution in [3.05, 3.63) is 158 Å². The maximum absolute atomic E-state index is 4.40. The summed E-state index contributed by atoms with van der Waals surface area (Å²) in [5, 5.41) is 7.57. The Morgan fingerprint density at radius 3 is 1.93 bits per heavy atom. The second kappa shape index (κ2) is 9.25. The second-order valence-electron chi connectivity index (χ2n) is 12.0. The first-order chi connectivity index (χ1) is 22.3. The first-order valence-corrected chi connectivity index (χ1v) is 15.5. The van der Waals surface area contributed by atoms with Gasteiger partial charge in [0.1, 0.15) is 0 Å². The fraction of sp³-hybridized carbons (Fsp3) is 0. The van der Waals surface area contributed by atoms with E-state index < -0.39 is 0 Å². The highest BCUT2D eigenvalue weighted by Gasteiger charge is 2.22. The van der Waals surface area contributed by atoms with Crippen molar-refractivity contribution in [2.24, 2.45) is 0 Å². The molecule has 1 aliphatic rings. The van der Waals surface area contributed by atoms with Crippen LogP contribution in [0.25, 0.3) is 93.5 Å². The Hall–Kier alpha value is -5.99. The summed E-state index contributed by atoms with van der Waals surface area (Å²) in [7, 11) is 0. The molecule has 0 aliphatic heterocycles. The van der Waals surface area contributed by atoms with Gasteiger partial charge in [-0.2, -0.15) is 0 Å². The van der Waals surface area contributed by atoms with Crippen LogP contribution in [0.3, 0.4) is 0 Å². The molecule has 2 nitrogen and oxygen atoms in total. The molecule has 0 N–H and O–H groups in total. The normalized spacial score (nSPS) is 12.0. The van der Waals surface area contributed by atoms with Crippen molar-refractivity contribution in [1.82, 2.24) is 9.55 Å². The van der Waals surface area contributed by atoms with Crippen LogP contribution in [0, 0.1) is 0 Å². The standard InChI is InChI=1S/C43H26N2/c1-2-7-31(8-3-1)45-40-21-17-29(25-39(40)43-33-23-24-44-26-30(33)18-22-41(43)45)27-13-15-28(16-14-27)32-19-20-38-35-10-5-4-9-34(35)37-12-6-11-36(32)42(37)38/h1-26H. The lowest BCUT2D eigenvalue weighted by atomic mass is 9.93. The molecule has 0 radical (unpaired) electrons. The van der Waals surface area contributed by atoms with Gasteiger partial charge in [-0.25, -0.2) is 0 Å². The van der Waals surface area contributed by atoms with Gasteiger partial charge in [0.15, 0.2) is 0 Å². The van der Waals surface area contributed by atoms with Gasteiger partial charge in [-0.05, 0) is 97.1 Å². The highest BCUT2D eigenvalue weighted by Crippen LogP contribution is 2.49. The van der Waals surface area contributed by atoms with Crippen molar-refractivity contribution >= 4 is 43.4 Å². The van der Waals surface area contributed by atoms with E-state index in [0.717, 1.165) is 11.1 Å². The van der Waals surface area contributed by atoms with Gasteiger partial charge in [0, 0.05) is 34.2 Å². The van der Waals surface area contributed by atoms with Crippen LogP contribution in [0.5, 0.6) is 0 Å². The van der Waals surface area contributed by atoms with E-state index in [-0.39, 0.29) is 0 Å². The second-order valence-corrected chi connectivity index (χ2v) is 12.0. The maximum Gasteiger partial charge on any atom is 0.0547 e. The predicted octanol–water partition coefficient (Wildman–Crippen LogP) is 11.5. The minimum atomic E-state index is 1.15. The SMILES string of the molecule is c1ccc(-n2c3ccc(-c4ccc(-c5ccc6c7c(cccc57)-c5ccccc5-6)cc4)cc3c3c4ccncc4ccc32)cc1. The summed E-state index contributed by atoms with van der Waals surface area (Å²) in [6.07, 6.45) is 3.86. The van der Waals surface area contributed by atoms with E-state index in [9.17, 15) is 0 Å². The van der Waals surface area contributed by atoms with E-state index in [1.54, 1.807) is 0 Å². The number of nitrogens with zero attached hydrogens (tertiary/aromatic N) is 2. The van der Waals surface area contributed by atoms with Crippen LogP contribution in [-0.4, -0.2) is 9.55 Å². The van der Waals surface area contributed by atoms with Gasteiger partial charge in [0.05, 0.1) is 11.0 Å². The third kappa shape index (κ3) is 3.48. The van der Waals surface area contributed by atoms with Crippen LogP contribution >= 0.6 is 0 Å². The molecule has 7 aromatic carbocycles. The monoisotopic (exact) mass is 570 g/mol. The summed E-state index contributed by atoms with van der Waals surface area (Å²) >= 11 is 0. The van der Waals surface area contributed by atoms with Gasteiger partial charge in [-0.1, -0.05) is 109 Å². The summed E-state index contributed by atoms with van der Waals surface area (Å²) in [5.74, 6) is 0. The third-order valence-electron chi connectivity index (χ3n) is 9.64. The van der Waals surface area contributed by atoms with Crippen molar-refractivity contribution in [2.45, 2.75) is 0 Å². The molecule has 0 atom stereocenters. The summed E-state index contributed by atoms with van der Waals surface area (Å²) < 4.78 is 2.38. The molecular weight excluding hydrogens is 544 g/mol. The molecule has 1 aliphatic carbocycles. The molecule has 45 heavy (non-hydrogen) atoms. The van der Waals surface area contributed by atoms with Gasteiger partial charge in [-0.3, -0.25) is 4.98 Å². The van der Waals surface area contributed by atoms with E-state index in [4.69, 9.17) is 0 Å². The number of rotatable bonds is 3. The summed E-state index contributed by atoms with van der Waals surface area (Å²) in [6.45, 7) is 0. The Labute approximate surface area is 260 Å². The van der Waals surface area contributed by atoms with Gasteiger partial charge in [0.25, 0.3) is 0 Å². The minimum absolute atomic E-state index is 1.15. The molecule has 0 bridgehead atoms. The molecule has 9 aromatic rings. The molecule has 0 amide bonds. The maximum atomic E-state index is 4.40. The molecule has 2 heteroatoms. The average molecular weight is 571 g/mol. The Kier molecular flexibility index (Phi) is 5.03. The fourth-order valence-corrected chi connectivity index (χ4v) is 7.62. The smallest absolute Gasteiger partial charge is 0.0547 e. The zero-order valence-corrected chi connectivity index (χ0v) is 24.4. The average Bonchev–Trinajstić information content (AvgIpc) is 3.63. The number of pyridine rings is 1. The molecule has 0 saturated carbocycles. The molecule has 2 aromatic heterocycles. The van der Waals surface area contributed by atoms with Crippen LogP contribution < -0.4 is 0 Å². The molecule has 0 unspecified atom stereocenters. The Bertz CT molecular complexity index is 2600. The molecule has 0 spiro atoms. The van der Waals surface area contributed by atoms with E-state index in [0.29, 0.717) is 0 Å². The summed E-state index contributed by atoms with van der Waals surface area (Å²) in [6, 6.07) is 53.3. The molecule has 2 heterocycles. The number of hydrogen-bond acceptors (Lipinski definition) is 1. The fourth-order valence-electron chi connectivity index (χ4n) is 7.62. The topological polar surface area (TPSA) is 17.8 Å². The summed E-state index contributed by atoms with van der Waals surface area (Å²) in [4.78, 5) is 4.40. The molecule has 0 saturated heterocycles. The van der Waals surface area contributed by atoms with Crippen molar-refractivity contribution in [2.75, 3.05) is 0 Å². The van der Waals surface area contributed by atoms with E-state index in [1.807, 2.05) is 12.4 Å². The number of fused-ring (bicyclic) bond motifs is 8. The number of hydrogen-bond donors (Lipinski definition) is 0. The van der Waals surface area contributed by atoms with Gasteiger partial charge in [-0.15, -0.1) is 0 Å². The van der Waals surface area contributed by atoms with Gasteiger partial charge < -0.3 is 4.57 Å². The van der Waals surface area contributed by atoms with Crippen LogP contribution in [-0.2, 0) is 0 Å². The Balaban J connectivity index is 1.13. The van der Waals surface area contributed by atoms with Crippen molar-refractivity contribution < 1.29 is 0 Å². The first kappa shape index (κ1) is 24.5. The Morgan fingerprint density at radius 2 is 1.09 bits per heavy atom. The zero-order valence-electron chi connectivity index (χ0n) is 24.4.